The number of aromatic nitrogens is 2. The number of amides is 1. The number of H-pyrrole nitrogens is 1. The number of carbonyl (C=O) groups excluding carboxylic acids is 1. The molecule has 1 aliphatic carbocycles. The lowest BCUT2D eigenvalue weighted by Crippen LogP contribution is -2.23. The number of carbonyl (C=O) groups is 1. The molecule has 146 valence electrons. The lowest BCUT2D eigenvalue weighted by molar-refractivity contribution is -0.115. The van der Waals surface area contributed by atoms with E-state index in [0.29, 0.717) is 17.0 Å². The van der Waals surface area contributed by atoms with E-state index >= 15 is 0 Å². The Hall–Kier alpha value is -2.12. The summed E-state index contributed by atoms with van der Waals surface area (Å²) in [6.45, 7) is 5.83. The molecule has 1 atom stereocenters. The van der Waals surface area contributed by atoms with E-state index in [0.717, 1.165) is 33.8 Å². The number of rotatable bonds is 5. The van der Waals surface area contributed by atoms with Crippen LogP contribution in [0.25, 0.3) is 10.2 Å². The molecule has 0 aliphatic heterocycles. The Balaban J connectivity index is 1.41. The largest absolute Gasteiger partial charge is 0.325 e. The number of aryl methyl sites for hydroxylation is 4. The zero-order chi connectivity index (χ0) is 19.8. The van der Waals surface area contributed by atoms with Gasteiger partial charge < -0.3 is 10.3 Å². The van der Waals surface area contributed by atoms with E-state index in [1.165, 1.54) is 40.6 Å². The van der Waals surface area contributed by atoms with Crippen molar-refractivity contribution in [3.63, 3.8) is 0 Å². The zero-order valence-corrected chi connectivity index (χ0v) is 17.9. The number of fused-ring (bicyclic) bond motifs is 2. The Labute approximate surface area is 172 Å². The van der Waals surface area contributed by atoms with Gasteiger partial charge in [-0.1, -0.05) is 6.07 Å². The van der Waals surface area contributed by atoms with Crippen molar-refractivity contribution in [2.75, 3.05) is 5.32 Å². The minimum atomic E-state index is -0.249. The summed E-state index contributed by atoms with van der Waals surface area (Å²) in [5.74, 6) is 1.06. The van der Waals surface area contributed by atoms with Crippen LogP contribution in [0.1, 0.15) is 40.7 Å². The summed E-state index contributed by atoms with van der Waals surface area (Å²) >= 11 is 3.01. The van der Waals surface area contributed by atoms with Crippen molar-refractivity contribution in [2.24, 2.45) is 0 Å². The minimum absolute atomic E-state index is 0.0332. The summed E-state index contributed by atoms with van der Waals surface area (Å²) in [4.78, 5) is 34.2. The third kappa shape index (κ3) is 3.73. The summed E-state index contributed by atoms with van der Waals surface area (Å²) in [5.41, 5.74) is 4.49. The van der Waals surface area contributed by atoms with E-state index in [-0.39, 0.29) is 16.7 Å². The first-order valence-electron chi connectivity index (χ1n) is 9.45. The van der Waals surface area contributed by atoms with Gasteiger partial charge in [-0.2, -0.15) is 0 Å². The van der Waals surface area contributed by atoms with Gasteiger partial charge in [-0.05, 0) is 68.9 Å². The van der Waals surface area contributed by atoms with E-state index in [9.17, 15) is 9.59 Å². The fourth-order valence-corrected chi connectivity index (χ4v) is 5.34. The number of anilines is 1. The number of thiophene rings is 1. The van der Waals surface area contributed by atoms with E-state index in [1.54, 1.807) is 0 Å². The second kappa shape index (κ2) is 7.72. The maximum Gasteiger partial charge on any atom is 0.259 e. The highest BCUT2D eigenvalue weighted by Crippen LogP contribution is 2.27. The molecule has 0 unspecified atom stereocenters. The number of nitrogens with one attached hydrogen (secondary N) is 2. The molecule has 0 saturated carbocycles. The summed E-state index contributed by atoms with van der Waals surface area (Å²) in [5, 5.41) is 3.44. The molecule has 0 fully saturated rings. The number of hydrogen-bond acceptors (Lipinski definition) is 5. The number of thioether (sulfide) groups is 1. The van der Waals surface area contributed by atoms with Crippen molar-refractivity contribution in [3.05, 3.63) is 55.9 Å². The molecule has 2 N–H and O–H groups in total. The van der Waals surface area contributed by atoms with Gasteiger partial charge >= 0.3 is 0 Å². The first-order valence-corrected chi connectivity index (χ1v) is 11.3. The van der Waals surface area contributed by atoms with E-state index in [2.05, 4.69) is 27.4 Å². The van der Waals surface area contributed by atoms with Crippen molar-refractivity contribution >= 4 is 44.9 Å². The highest BCUT2D eigenvalue weighted by molar-refractivity contribution is 7.99. The van der Waals surface area contributed by atoms with Crippen LogP contribution < -0.4 is 10.9 Å². The molecule has 0 saturated heterocycles. The molecular weight excluding hydrogens is 390 g/mol. The normalized spacial score (nSPS) is 14.2. The number of nitrogens with zero attached hydrogens (tertiary/aromatic N) is 1. The molecule has 2 heterocycles. The van der Waals surface area contributed by atoms with Gasteiger partial charge in [-0.25, -0.2) is 4.98 Å². The quantitative estimate of drug-likeness (QED) is 0.652. The van der Waals surface area contributed by atoms with Crippen LogP contribution in [0.3, 0.4) is 0 Å². The van der Waals surface area contributed by atoms with Crippen LogP contribution in [0.15, 0.2) is 23.0 Å². The van der Waals surface area contributed by atoms with E-state index in [4.69, 9.17) is 0 Å². The van der Waals surface area contributed by atoms with Gasteiger partial charge in [-0.15, -0.1) is 23.1 Å². The molecule has 1 aliphatic rings. The predicted octanol–water partition coefficient (Wildman–Crippen LogP) is 4.35. The third-order valence-electron chi connectivity index (χ3n) is 5.29. The second-order valence-electron chi connectivity index (χ2n) is 7.26. The minimum Gasteiger partial charge on any atom is -0.325 e. The van der Waals surface area contributed by atoms with Crippen LogP contribution >= 0.6 is 23.1 Å². The topological polar surface area (TPSA) is 74.8 Å². The molecule has 2 aromatic heterocycles. The van der Waals surface area contributed by atoms with Gasteiger partial charge in [0.1, 0.15) is 10.7 Å². The maximum absolute atomic E-state index is 12.5. The summed E-state index contributed by atoms with van der Waals surface area (Å²) in [7, 11) is 0. The molecule has 7 heteroatoms. The molecule has 0 bridgehead atoms. The molecule has 5 nitrogen and oxygen atoms in total. The van der Waals surface area contributed by atoms with Crippen LogP contribution in [0, 0.1) is 13.8 Å². The average molecular weight is 414 g/mol. The predicted molar refractivity (Wildman–Crippen MR) is 118 cm³/mol. The lowest BCUT2D eigenvalue weighted by Gasteiger charge is -2.12. The zero-order valence-electron chi connectivity index (χ0n) is 16.2. The van der Waals surface area contributed by atoms with Gasteiger partial charge in [0.2, 0.25) is 5.91 Å². The fraction of sp³-hybridized carbons (Fsp3) is 0.381. The van der Waals surface area contributed by atoms with Gasteiger partial charge in [0.25, 0.3) is 5.56 Å². The standard InChI is InChI=1S/C21H23N3O2S2/c1-11-12(2)28-21-18(11)20(26)23-17(24-21)10-27-13(3)19(25)22-16-8-7-14-5-4-6-15(14)9-16/h7-9,13H,4-6,10H2,1-3H3,(H,22,25)(H,23,24,26)/t13-/m0/s1. The van der Waals surface area contributed by atoms with Gasteiger partial charge in [0, 0.05) is 10.6 Å². The lowest BCUT2D eigenvalue weighted by atomic mass is 10.1. The molecular formula is C21H23N3O2S2. The Morgan fingerprint density at radius 3 is 2.93 bits per heavy atom. The van der Waals surface area contributed by atoms with Crippen LogP contribution in [0.5, 0.6) is 0 Å². The summed E-state index contributed by atoms with van der Waals surface area (Å²) < 4.78 is 0. The van der Waals surface area contributed by atoms with Gasteiger partial charge in [-0.3, -0.25) is 9.59 Å². The van der Waals surface area contributed by atoms with Crippen molar-refractivity contribution in [2.45, 2.75) is 51.0 Å². The van der Waals surface area contributed by atoms with Crippen molar-refractivity contribution in [3.8, 4) is 0 Å². The molecule has 1 amide bonds. The van der Waals surface area contributed by atoms with E-state index in [1.807, 2.05) is 26.8 Å². The van der Waals surface area contributed by atoms with Gasteiger partial charge in [0.15, 0.2) is 0 Å². The van der Waals surface area contributed by atoms with Crippen LogP contribution in [-0.4, -0.2) is 21.1 Å². The van der Waals surface area contributed by atoms with E-state index < -0.39 is 0 Å². The Morgan fingerprint density at radius 2 is 2.11 bits per heavy atom. The van der Waals surface area contributed by atoms with Crippen molar-refractivity contribution in [1.29, 1.82) is 0 Å². The molecule has 0 radical (unpaired) electrons. The van der Waals surface area contributed by atoms with Crippen molar-refractivity contribution < 1.29 is 4.79 Å². The van der Waals surface area contributed by atoms with Crippen LogP contribution in [0.4, 0.5) is 5.69 Å². The molecule has 1 aromatic carbocycles. The Bertz CT molecular complexity index is 1120. The SMILES string of the molecule is Cc1sc2nc(CS[C@@H](C)C(=O)Nc3ccc4c(c3)CCC4)[nH]c(=O)c2c1C. The monoisotopic (exact) mass is 413 g/mol. The third-order valence-corrected chi connectivity index (χ3v) is 7.55. The highest BCUT2D eigenvalue weighted by atomic mass is 32.2. The molecule has 3 aromatic rings. The van der Waals surface area contributed by atoms with Crippen LogP contribution in [0.2, 0.25) is 0 Å². The van der Waals surface area contributed by atoms with Crippen molar-refractivity contribution in [1.82, 2.24) is 9.97 Å². The van der Waals surface area contributed by atoms with Crippen LogP contribution in [-0.2, 0) is 23.4 Å². The number of benzene rings is 1. The maximum atomic E-state index is 12.5. The molecule has 28 heavy (non-hydrogen) atoms. The first-order chi connectivity index (χ1) is 13.4. The molecule has 4 rings (SSSR count). The average Bonchev–Trinajstić information content (AvgIpc) is 3.23. The smallest absolute Gasteiger partial charge is 0.259 e. The Morgan fingerprint density at radius 1 is 1.32 bits per heavy atom. The number of aromatic amines is 1. The van der Waals surface area contributed by atoms with Gasteiger partial charge in [0.05, 0.1) is 16.4 Å². The molecule has 0 spiro atoms. The Kier molecular flexibility index (Phi) is 5.29. The number of hydrogen-bond donors (Lipinski definition) is 2. The second-order valence-corrected chi connectivity index (χ2v) is 9.79. The highest BCUT2D eigenvalue weighted by Gasteiger charge is 2.17. The summed E-state index contributed by atoms with van der Waals surface area (Å²) in [6.07, 6.45) is 3.42. The fourth-order valence-electron chi connectivity index (χ4n) is 3.54. The first kappa shape index (κ1) is 19.2. The summed E-state index contributed by atoms with van der Waals surface area (Å²) in [6, 6.07) is 6.19.